The second-order valence-corrected chi connectivity index (χ2v) is 7.60. The Morgan fingerprint density at radius 2 is 2.03 bits per heavy atom. The number of anilines is 1. The largest absolute Gasteiger partial charge is 0.497 e. The van der Waals surface area contributed by atoms with Crippen molar-refractivity contribution >= 4 is 23.4 Å². The van der Waals surface area contributed by atoms with Crippen LogP contribution in [0.3, 0.4) is 0 Å². The molecule has 0 saturated heterocycles. The molecule has 0 saturated carbocycles. The summed E-state index contributed by atoms with van der Waals surface area (Å²) in [6.45, 7) is 2.06. The van der Waals surface area contributed by atoms with Gasteiger partial charge in [-0.15, -0.1) is 10.2 Å². The molecule has 2 heterocycles. The number of benzene rings is 2. The number of carbonyl (C=O) groups is 1. The number of fused-ring (bicyclic) bond motifs is 1. The number of thioether (sulfide) groups is 1. The first-order valence-electron chi connectivity index (χ1n) is 9.19. The molecule has 29 heavy (non-hydrogen) atoms. The summed E-state index contributed by atoms with van der Waals surface area (Å²) in [5, 5.41) is 8.49. The number of ether oxygens (including phenoxy) is 2. The zero-order chi connectivity index (χ0) is 20.4. The van der Waals surface area contributed by atoms with E-state index in [1.54, 1.807) is 32.4 Å². The molecular formula is C21H21N3O4S. The van der Waals surface area contributed by atoms with Crippen molar-refractivity contribution in [3.63, 3.8) is 0 Å². The molecule has 1 amide bonds. The maximum absolute atomic E-state index is 12.8. The van der Waals surface area contributed by atoms with Gasteiger partial charge in [-0.1, -0.05) is 30.0 Å². The summed E-state index contributed by atoms with van der Waals surface area (Å²) in [4.78, 5) is 14.7. The van der Waals surface area contributed by atoms with Gasteiger partial charge in [-0.25, -0.2) is 0 Å². The summed E-state index contributed by atoms with van der Waals surface area (Å²) < 4.78 is 16.3. The lowest BCUT2D eigenvalue weighted by atomic mass is 10.1. The van der Waals surface area contributed by atoms with Crippen LogP contribution in [-0.4, -0.2) is 42.1 Å². The fourth-order valence-electron chi connectivity index (χ4n) is 3.49. The molecule has 7 nitrogen and oxygen atoms in total. The predicted octanol–water partition coefficient (Wildman–Crippen LogP) is 3.82. The Morgan fingerprint density at radius 3 is 2.83 bits per heavy atom. The van der Waals surface area contributed by atoms with Crippen LogP contribution in [0.2, 0.25) is 0 Å². The van der Waals surface area contributed by atoms with Gasteiger partial charge in [0.1, 0.15) is 11.5 Å². The second kappa shape index (κ2) is 8.16. The standard InChI is InChI=1S/C21H21N3O4S/c1-13-10-14-6-4-5-7-17(14)24(13)19(25)12-29-21-23-22-20(28-21)16-9-8-15(26-2)11-18(16)27-3/h4-9,11,13H,10,12H2,1-3H3/t13-/m0/s1. The number of para-hydroxylation sites is 1. The number of hydrogen-bond acceptors (Lipinski definition) is 7. The topological polar surface area (TPSA) is 77.7 Å². The van der Waals surface area contributed by atoms with Crippen LogP contribution < -0.4 is 14.4 Å². The highest BCUT2D eigenvalue weighted by Crippen LogP contribution is 2.35. The van der Waals surface area contributed by atoms with Crippen molar-refractivity contribution in [2.45, 2.75) is 24.6 Å². The molecule has 3 aromatic rings. The number of hydrogen-bond donors (Lipinski definition) is 0. The molecule has 0 aliphatic carbocycles. The molecule has 0 N–H and O–H groups in total. The summed E-state index contributed by atoms with van der Waals surface area (Å²) in [5.74, 6) is 1.82. The van der Waals surface area contributed by atoms with Crippen LogP contribution in [-0.2, 0) is 11.2 Å². The minimum atomic E-state index is 0.0224. The predicted molar refractivity (Wildman–Crippen MR) is 111 cm³/mol. The maximum atomic E-state index is 12.8. The van der Waals surface area contributed by atoms with Gasteiger partial charge in [0.2, 0.25) is 5.91 Å². The Kier molecular flexibility index (Phi) is 5.44. The van der Waals surface area contributed by atoms with E-state index >= 15 is 0 Å². The normalized spacial score (nSPS) is 15.3. The van der Waals surface area contributed by atoms with E-state index in [1.165, 1.54) is 17.3 Å². The molecule has 150 valence electrons. The van der Waals surface area contributed by atoms with E-state index in [0.29, 0.717) is 28.2 Å². The lowest BCUT2D eigenvalue weighted by Crippen LogP contribution is -2.36. The van der Waals surface area contributed by atoms with Gasteiger partial charge in [0.25, 0.3) is 11.1 Å². The molecular weight excluding hydrogens is 390 g/mol. The van der Waals surface area contributed by atoms with Gasteiger partial charge in [-0.2, -0.15) is 0 Å². The molecule has 0 fully saturated rings. The molecule has 0 spiro atoms. The molecule has 1 atom stereocenters. The van der Waals surface area contributed by atoms with E-state index in [9.17, 15) is 4.79 Å². The van der Waals surface area contributed by atoms with Crippen molar-refractivity contribution in [1.82, 2.24) is 10.2 Å². The number of rotatable bonds is 6. The summed E-state index contributed by atoms with van der Waals surface area (Å²) in [6, 6.07) is 13.5. The van der Waals surface area contributed by atoms with Gasteiger partial charge in [0.15, 0.2) is 0 Å². The highest BCUT2D eigenvalue weighted by Gasteiger charge is 2.30. The van der Waals surface area contributed by atoms with Crippen LogP contribution in [0.15, 0.2) is 52.1 Å². The van der Waals surface area contributed by atoms with E-state index in [-0.39, 0.29) is 17.7 Å². The molecule has 0 unspecified atom stereocenters. The van der Waals surface area contributed by atoms with Gasteiger partial charge >= 0.3 is 0 Å². The van der Waals surface area contributed by atoms with Crippen LogP contribution in [0.25, 0.3) is 11.5 Å². The molecule has 0 bridgehead atoms. The van der Waals surface area contributed by atoms with E-state index < -0.39 is 0 Å². The molecule has 1 aliphatic rings. The molecule has 1 aromatic heterocycles. The van der Waals surface area contributed by atoms with Crippen molar-refractivity contribution in [2.75, 3.05) is 24.9 Å². The average Bonchev–Trinajstić information content (AvgIpc) is 3.35. The van der Waals surface area contributed by atoms with Crippen LogP contribution in [0.1, 0.15) is 12.5 Å². The first kappa shape index (κ1) is 19.3. The quantitative estimate of drug-likeness (QED) is 0.571. The summed E-state index contributed by atoms with van der Waals surface area (Å²) >= 11 is 1.23. The Labute approximate surface area is 173 Å². The molecule has 0 radical (unpaired) electrons. The third-order valence-electron chi connectivity index (χ3n) is 4.84. The Balaban J connectivity index is 1.46. The fraction of sp³-hybridized carbons (Fsp3) is 0.286. The Hall–Kier alpha value is -3.00. The minimum absolute atomic E-state index is 0.0224. The average molecular weight is 411 g/mol. The molecule has 1 aliphatic heterocycles. The number of carbonyl (C=O) groups excluding carboxylic acids is 1. The van der Waals surface area contributed by atoms with E-state index in [0.717, 1.165) is 12.1 Å². The van der Waals surface area contributed by atoms with Crippen LogP contribution in [0.4, 0.5) is 5.69 Å². The molecule has 4 rings (SSSR count). The first-order valence-corrected chi connectivity index (χ1v) is 10.2. The zero-order valence-electron chi connectivity index (χ0n) is 16.4. The monoisotopic (exact) mass is 411 g/mol. The second-order valence-electron chi connectivity index (χ2n) is 6.67. The summed E-state index contributed by atoms with van der Waals surface area (Å²) in [5.41, 5.74) is 2.85. The van der Waals surface area contributed by atoms with Gasteiger partial charge < -0.3 is 18.8 Å². The van der Waals surface area contributed by atoms with Crippen molar-refractivity contribution in [3.8, 4) is 23.0 Å². The smallest absolute Gasteiger partial charge is 0.277 e. The van der Waals surface area contributed by atoms with Crippen molar-refractivity contribution < 1.29 is 18.7 Å². The SMILES string of the molecule is COc1ccc(-c2nnc(SCC(=O)N3c4ccccc4C[C@@H]3C)o2)c(OC)c1. The van der Waals surface area contributed by atoms with Crippen LogP contribution >= 0.6 is 11.8 Å². The number of nitrogens with zero attached hydrogens (tertiary/aromatic N) is 3. The number of amides is 1. The third kappa shape index (κ3) is 3.80. The van der Waals surface area contributed by atoms with Crippen LogP contribution in [0, 0.1) is 0 Å². The first-order chi connectivity index (χ1) is 14.1. The number of methoxy groups -OCH3 is 2. The molecule has 2 aromatic carbocycles. The maximum Gasteiger partial charge on any atom is 0.277 e. The van der Waals surface area contributed by atoms with E-state index in [4.69, 9.17) is 13.9 Å². The Bertz CT molecular complexity index is 1040. The van der Waals surface area contributed by atoms with E-state index in [2.05, 4.69) is 23.2 Å². The van der Waals surface area contributed by atoms with Crippen molar-refractivity contribution in [3.05, 3.63) is 48.0 Å². The summed E-state index contributed by atoms with van der Waals surface area (Å²) in [7, 11) is 3.16. The summed E-state index contributed by atoms with van der Waals surface area (Å²) in [6.07, 6.45) is 0.870. The van der Waals surface area contributed by atoms with Gasteiger partial charge in [0.05, 0.1) is 25.5 Å². The van der Waals surface area contributed by atoms with Crippen molar-refractivity contribution in [2.24, 2.45) is 0 Å². The third-order valence-corrected chi connectivity index (χ3v) is 5.64. The van der Waals surface area contributed by atoms with Gasteiger partial charge in [-0.05, 0) is 37.1 Å². The van der Waals surface area contributed by atoms with Gasteiger partial charge in [0, 0.05) is 17.8 Å². The highest BCUT2D eigenvalue weighted by atomic mass is 32.2. The van der Waals surface area contributed by atoms with Gasteiger partial charge in [-0.3, -0.25) is 4.79 Å². The minimum Gasteiger partial charge on any atom is -0.497 e. The van der Waals surface area contributed by atoms with Crippen molar-refractivity contribution in [1.29, 1.82) is 0 Å². The molecule has 8 heteroatoms. The van der Waals surface area contributed by atoms with Crippen LogP contribution in [0.5, 0.6) is 11.5 Å². The Morgan fingerprint density at radius 1 is 1.21 bits per heavy atom. The number of aromatic nitrogens is 2. The fourth-order valence-corrected chi connectivity index (χ4v) is 4.11. The lowest BCUT2D eigenvalue weighted by molar-refractivity contribution is -0.116. The lowest BCUT2D eigenvalue weighted by Gasteiger charge is -2.22. The zero-order valence-corrected chi connectivity index (χ0v) is 17.2. The highest BCUT2D eigenvalue weighted by molar-refractivity contribution is 7.99. The van der Waals surface area contributed by atoms with E-state index in [1.807, 2.05) is 23.1 Å².